The van der Waals surface area contributed by atoms with E-state index in [4.69, 9.17) is 20.8 Å². The van der Waals surface area contributed by atoms with Crippen LogP contribution in [0.15, 0.2) is 65.1 Å². The van der Waals surface area contributed by atoms with Crippen LogP contribution < -0.4 is 10.1 Å². The number of amides is 1. The molecule has 27 heavy (non-hydrogen) atoms. The summed E-state index contributed by atoms with van der Waals surface area (Å²) in [5.74, 6) is 1.36. The van der Waals surface area contributed by atoms with Gasteiger partial charge < -0.3 is 14.5 Å². The highest BCUT2D eigenvalue weighted by molar-refractivity contribution is 6.30. The molecule has 0 aliphatic rings. The van der Waals surface area contributed by atoms with Gasteiger partial charge in [-0.05, 0) is 54.8 Å². The van der Waals surface area contributed by atoms with Crippen molar-refractivity contribution in [1.82, 2.24) is 5.32 Å². The van der Waals surface area contributed by atoms with E-state index in [-0.39, 0.29) is 24.3 Å². The van der Waals surface area contributed by atoms with Gasteiger partial charge in [-0.2, -0.15) is 0 Å². The standard InChI is InChI=1S/C22H22ClNO3/c1-3-19(16-7-5-4-6-8-16)24-22(25)21-12-10-18(27-21)14-26-20-11-9-17(23)13-15(20)2/h4-13,19H,3,14H2,1-2H3,(H,24,25). The van der Waals surface area contributed by atoms with Crippen molar-refractivity contribution in [3.8, 4) is 5.75 Å². The Morgan fingerprint density at radius 3 is 2.63 bits per heavy atom. The molecule has 4 nitrogen and oxygen atoms in total. The first-order valence-electron chi connectivity index (χ1n) is 8.90. The summed E-state index contributed by atoms with van der Waals surface area (Å²) < 4.78 is 11.4. The zero-order chi connectivity index (χ0) is 19.2. The first-order chi connectivity index (χ1) is 13.1. The van der Waals surface area contributed by atoms with E-state index < -0.39 is 0 Å². The van der Waals surface area contributed by atoms with Crippen molar-refractivity contribution < 1.29 is 13.9 Å². The lowest BCUT2D eigenvalue weighted by atomic mass is 10.0. The van der Waals surface area contributed by atoms with Gasteiger partial charge in [-0.3, -0.25) is 4.79 Å². The molecule has 0 bridgehead atoms. The van der Waals surface area contributed by atoms with E-state index in [0.29, 0.717) is 10.8 Å². The number of carbonyl (C=O) groups excluding carboxylic acids is 1. The van der Waals surface area contributed by atoms with Crippen LogP contribution in [0.4, 0.5) is 0 Å². The summed E-state index contributed by atoms with van der Waals surface area (Å²) >= 11 is 5.95. The summed E-state index contributed by atoms with van der Waals surface area (Å²) in [5.41, 5.74) is 2.02. The van der Waals surface area contributed by atoms with Crippen LogP contribution in [0.5, 0.6) is 5.75 Å². The third-order valence-electron chi connectivity index (χ3n) is 4.31. The maximum absolute atomic E-state index is 12.5. The fourth-order valence-corrected chi connectivity index (χ4v) is 3.06. The number of hydrogen-bond acceptors (Lipinski definition) is 3. The Kier molecular flexibility index (Phi) is 6.20. The zero-order valence-corrected chi connectivity index (χ0v) is 16.1. The van der Waals surface area contributed by atoms with E-state index in [0.717, 1.165) is 23.3 Å². The topological polar surface area (TPSA) is 51.5 Å². The third-order valence-corrected chi connectivity index (χ3v) is 4.54. The molecule has 2 aromatic carbocycles. The van der Waals surface area contributed by atoms with Crippen molar-refractivity contribution in [2.45, 2.75) is 32.9 Å². The summed E-state index contributed by atoms with van der Waals surface area (Å²) in [7, 11) is 0. The van der Waals surface area contributed by atoms with E-state index in [2.05, 4.69) is 5.32 Å². The van der Waals surface area contributed by atoms with E-state index in [1.165, 1.54) is 0 Å². The SMILES string of the molecule is CCC(NC(=O)c1ccc(COc2ccc(Cl)cc2C)o1)c1ccccc1. The average Bonchev–Trinajstić information content (AvgIpc) is 3.15. The Morgan fingerprint density at radius 1 is 1.15 bits per heavy atom. The van der Waals surface area contributed by atoms with Crippen molar-refractivity contribution in [3.05, 3.63) is 88.3 Å². The summed E-state index contributed by atoms with van der Waals surface area (Å²) in [6, 6.07) is 18.7. The molecule has 1 aromatic heterocycles. The lowest BCUT2D eigenvalue weighted by Crippen LogP contribution is -2.27. The lowest BCUT2D eigenvalue weighted by Gasteiger charge is -2.16. The molecule has 0 spiro atoms. The minimum atomic E-state index is -0.236. The molecule has 1 atom stereocenters. The van der Waals surface area contributed by atoms with Crippen LogP contribution in [-0.4, -0.2) is 5.91 Å². The molecule has 0 aliphatic carbocycles. The van der Waals surface area contributed by atoms with Crippen molar-refractivity contribution in [2.24, 2.45) is 0 Å². The highest BCUT2D eigenvalue weighted by Crippen LogP contribution is 2.23. The molecule has 3 aromatic rings. The Labute approximate surface area is 164 Å². The van der Waals surface area contributed by atoms with Crippen LogP contribution in [-0.2, 0) is 6.61 Å². The van der Waals surface area contributed by atoms with Gasteiger partial charge in [0.25, 0.3) is 5.91 Å². The molecule has 5 heteroatoms. The molecule has 0 saturated heterocycles. The van der Waals surface area contributed by atoms with Gasteiger partial charge in [0.2, 0.25) is 0 Å². The predicted molar refractivity (Wildman–Crippen MR) is 106 cm³/mol. The fraction of sp³-hybridized carbons (Fsp3) is 0.227. The van der Waals surface area contributed by atoms with Gasteiger partial charge in [0.15, 0.2) is 5.76 Å². The van der Waals surface area contributed by atoms with E-state index in [1.807, 2.05) is 56.3 Å². The Hall–Kier alpha value is -2.72. The predicted octanol–water partition coefficient (Wildman–Crippen LogP) is 5.70. The van der Waals surface area contributed by atoms with Gasteiger partial charge >= 0.3 is 0 Å². The molecule has 1 N–H and O–H groups in total. The van der Waals surface area contributed by atoms with Gasteiger partial charge in [0.05, 0.1) is 6.04 Å². The second-order valence-corrected chi connectivity index (χ2v) is 6.75. The molecule has 0 aliphatic heterocycles. The molecule has 0 saturated carbocycles. The Bertz CT molecular complexity index is 905. The van der Waals surface area contributed by atoms with Gasteiger partial charge in [-0.1, -0.05) is 48.9 Å². The molecular weight excluding hydrogens is 362 g/mol. The maximum Gasteiger partial charge on any atom is 0.287 e. The van der Waals surface area contributed by atoms with Crippen LogP contribution in [0.1, 0.15) is 46.8 Å². The number of hydrogen-bond donors (Lipinski definition) is 1. The van der Waals surface area contributed by atoms with Gasteiger partial charge in [-0.15, -0.1) is 0 Å². The minimum Gasteiger partial charge on any atom is -0.485 e. The summed E-state index contributed by atoms with van der Waals surface area (Å²) in [6.07, 6.45) is 0.794. The maximum atomic E-state index is 12.5. The van der Waals surface area contributed by atoms with Crippen LogP contribution in [0.3, 0.4) is 0 Å². The van der Waals surface area contributed by atoms with Gasteiger partial charge in [-0.25, -0.2) is 0 Å². The van der Waals surface area contributed by atoms with E-state index in [9.17, 15) is 4.79 Å². The van der Waals surface area contributed by atoms with E-state index >= 15 is 0 Å². The second kappa shape index (κ2) is 8.78. The number of nitrogens with one attached hydrogen (secondary N) is 1. The number of furan rings is 1. The highest BCUT2D eigenvalue weighted by Gasteiger charge is 2.17. The van der Waals surface area contributed by atoms with Crippen LogP contribution >= 0.6 is 11.6 Å². The van der Waals surface area contributed by atoms with Gasteiger partial charge in [0.1, 0.15) is 18.1 Å². The monoisotopic (exact) mass is 383 g/mol. The highest BCUT2D eigenvalue weighted by atomic mass is 35.5. The minimum absolute atomic E-state index is 0.0554. The smallest absolute Gasteiger partial charge is 0.287 e. The first kappa shape index (κ1) is 19.1. The molecule has 1 amide bonds. The molecule has 0 fully saturated rings. The van der Waals surface area contributed by atoms with Crippen LogP contribution in [0.25, 0.3) is 0 Å². The summed E-state index contributed by atoms with van der Waals surface area (Å²) in [6.45, 7) is 4.20. The number of aryl methyl sites for hydroxylation is 1. The fourth-order valence-electron chi connectivity index (χ4n) is 2.84. The quantitative estimate of drug-likeness (QED) is 0.569. The number of ether oxygens (including phenoxy) is 1. The zero-order valence-electron chi connectivity index (χ0n) is 15.4. The number of halogens is 1. The number of carbonyl (C=O) groups is 1. The molecule has 1 unspecified atom stereocenters. The number of benzene rings is 2. The van der Waals surface area contributed by atoms with Crippen LogP contribution in [0.2, 0.25) is 5.02 Å². The lowest BCUT2D eigenvalue weighted by molar-refractivity contribution is 0.0903. The van der Waals surface area contributed by atoms with E-state index in [1.54, 1.807) is 18.2 Å². The van der Waals surface area contributed by atoms with Crippen molar-refractivity contribution in [1.29, 1.82) is 0 Å². The first-order valence-corrected chi connectivity index (χ1v) is 9.28. The Balaban J connectivity index is 1.61. The largest absolute Gasteiger partial charge is 0.485 e. The molecule has 140 valence electrons. The average molecular weight is 384 g/mol. The normalized spacial score (nSPS) is 11.8. The summed E-state index contributed by atoms with van der Waals surface area (Å²) in [5, 5.41) is 3.68. The summed E-state index contributed by atoms with van der Waals surface area (Å²) in [4.78, 5) is 12.5. The van der Waals surface area contributed by atoms with Gasteiger partial charge in [0, 0.05) is 5.02 Å². The Morgan fingerprint density at radius 2 is 1.93 bits per heavy atom. The van der Waals surface area contributed by atoms with Crippen molar-refractivity contribution in [2.75, 3.05) is 0 Å². The van der Waals surface area contributed by atoms with Crippen molar-refractivity contribution in [3.63, 3.8) is 0 Å². The molecule has 1 heterocycles. The third kappa shape index (κ3) is 4.92. The molecular formula is C22H22ClNO3. The molecule has 3 rings (SSSR count). The molecule has 0 radical (unpaired) electrons. The number of rotatable bonds is 7. The van der Waals surface area contributed by atoms with Crippen molar-refractivity contribution >= 4 is 17.5 Å². The second-order valence-electron chi connectivity index (χ2n) is 6.31. The van der Waals surface area contributed by atoms with Crippen LogP contribution in [0, 0.1) is 6.92 Å².